The van der Waals surface area contributed by atoms with Crippen molar-refractivity contribution in [3.63, 3.8) is 0 Å². The van der Waals surface area contributed by atoms with Crippen molar-refractivity contribution in [2.24, 2.45) is 7.05 Å². The van der Waals surface area contributed by atoms with E-state index in [0.717, 1.165) is 19.3 Å². The summed E-state index contributed by atoms with van der Waals surface area (Å²) in [4.78, 5) is 12.6. The van der Waals surface area contributed by atoms with Gasteiger partial charge in [-0.05, 0) is 50.1 Å². The molecule has 1 aliphatic heterocycles. The molecule has 1 fully saturated rings. The number of aromatic nitrogens is 4. The number of nitrogens with zero attached hydrogens (tertiary/aromatic N) is 5. The Bertz CT molecular complexity index is 1150. The van der Waals surface area contributed by atoms with Gasteiger partial charge in [-0.2, -0.15) is 9.40 Å². The monoisotopic (exact) mass is 430 g/mol. The molecule has 1 unspecified atom stereocenters. The number of carbonyl (C=O) groups is 1. The van der Waals surface area contributed by atoms with Crippen LogP contribution in [0.2, 0.25) is 0 Å². The van der Waals surface area contributed by atoms with Crippen molar-refractivity contribution in [2.45, 2.75) is 37.1 Å². The average molecular weight is 430 g/mol. The van der Waals surface area contributed by atoms with Crippen molar-refractivity contribution in [3.05, 3.63) is 42.1 Å². The summed E-state index contributed by atoms with van der Waals surface area (Å²) in [5, 5.41) is 14.3. The highest BCUT2D eigenvalue weighted by molar-refractivity contribution is 7.89. The topological polar surface area (TPSA) is 123 Å². The first-order valence-electron chi connectivity index (χ1n) is 9.61. The van der Waals surface area contributed by atoms with Crippen molar-refractivity contribution >= 4 is 21.9 Å². The number of rotatable bonds is 5. The van der Waals surface area contributed by atoms with E-state index in [-0.39, 0.29) is 28.4 Å². The summed E-state index contributed by atoms with van der Waals surface area (Å²) in [5.41, 5.74) is 0.769. The molecule has 0 saturated carbocycles. The number of nitrogens with one attached hydrogen (secondary N) is 1. The van der Waals surface area contributed by atoms with Crippen LogP contribution >= 0.6 is 0 Å². The van der Waals surface area contributed by atoms with E-state index in [1.807, 2.05) is 6.92 Å². The first-order chi connectivity index (χ1) is 14.3. The highest BCUT2D eigenvalue weighted by atomic mass is 32.2. The van der Waals surface area contributed by atoms with E-state index in [1.54, 1.807) is 24.0 Å². The third kappa shape index (κ3) is 3.98. The number of anilines is 1. The lowest BCUT2D eigenvalue weighted by molar-refractivity contribution is 0.102. The SMILES string of the molecule is CC1CCCCN1S(=O)(=O)c1ccc(C(=O)Nc2nnc(-c3ccn(C)n3)o2)cc1. The molecule has 1 aliphatic rings. The molecule has 158 valence electrons. The molecule has 0 bridgehead atoms. The zero-order chi connectivity index (χ0) is 21.3. The maximum atomic E-state index is 12.9. The van der Waals surface area contributed by atoms with E-state index in [0.29, 0.717) is 12.2 Å². The minimum atomic E-state index is -3.59. The van der Waals surface area contributed by atoms with Crippen molar-refractivity contribution in [1.82, 2.24) is 24.3 Å². The summed E-state index contributed by atoms with van der Waals surface area (Å²) in [7, 11) is -1.82. The Hall–Kier alpha value is -3.05. The Balaban J connectivity index is 1.46. The van der Waals surface area contributed by atoms with Crippen LogP contribution in [0.3, 0.4) is 0 Å². The molecule has 0 radical (unpaired) electrons. The summed E-state index contributed by atoms with van der Waals surface area (Å²) in [6, 6.07) is 7.43. The molecule has 1 saturated heterocycles. The number of carbonyl (C=O) groups excluding carboxylic acids is 1. The highest BCUT2D eigenvalue weighted by Gasteiger charge is 2.31. The van der Waals surface area contributed by atoms with Gasteiger partial charge in [0.25, 0.3) is 11.8 Å². The van der Waals surface area contributed by atoms with Crippen molar-refractivity contribution in [2.75, 3.05) is 11.9 Å². The van der Waals surface area contributed by atoms with Gasteiger partial charge in [-0.3, -0.25) is 14.8 Å². The number of hydrogen-bond donors (Lipinski definition) is 1. The van der Waals surface area contributed by atoms with Crippen LogP contribution < -0.4 is 5.32 Å². The second-order valence-electron chi connectivity index (χ2n) is 7.23. The van der Waals surface area contributed by atoms with Gasteiger partial charge in [-0.15, -0.1) is 5.10 Å². The van der Waals surface area contributed by atoms with Crippen LogP contribution in [0.4, 0.5) is 6.01 Å². The molecule has 0 aliphatic carbocycles. The van der Waals surface area contributed by atoms with E-state index >= 15 is 0 Å². The number of sulfonamides is 1. The molecule has 10 nitrogen and oxygen atoms in total. The highest BCUT2D eigenvalue weighted by Crippen LogP contribution is 2.25. The quantitative estimate of drug-likeness (QED) is 0.659. The molecule has 1 aromatic carbocycles. The van der Waals surface area contributed by atoms with Gasteiger partial charge in [0.15, 0.2) is 0 Å². The Morgan fingerprint density at radius 2 is 1.93 bits per heavy atom. The van der Waals surface area contributed by atoms with Crippen LogP contribution in [0.15, 0.2) is 45.8 Å². The first-order valence-corrected chi connectivity index (χ1v) is 11.1. The molecule has 0 spiro atoms. The van der Waals surface area contributed by atoms with Gasteiger partial charge in [0, 0.05) is 31.4 Å². The van der Waals surface area contributed by atoms with Crippen LogP contribution in [0.1, 0.15) is 36.5 Å². The summed E-state index contributed by atoms with van der Waals surface area (Å²) in [6.07, 6.45) is 4.47. The Morgan fingerprint density at radius 3 is 2.60 bits per heavy atom. The molecule has 3 aromatic rings. The molecule has 1 atom stereocenters. The fourth-order valence-electron chi connectivity index (χ4n) is 3.42. The van der Waals surface area contributed by atoms with Crippen LogP contribution in [-0.2, 0) is 17.1 Å². The molecule has 4 rings (SSSR count). The minimum absolute atomic E-state index is 0.0300. The van der Waals surface area contributed by atoms with Gasteiger partial charge in [0.2, 0.25) is 10.0 Å². The molecule has 2 aromatic heterocycles. The van der Waals surface area contributed by atoms with Crippen molar-refractivity contribution in [1.29, 1.82) is 0 Å². The van der Waals surface area contributed by atoms with Crippen LogP contribution in [-0.4, -0.2) is 51.2 Å². The van der Waals surface area contributed by atoms with Gasteiger partial charge in [-0.1, -0.05) is 11.5 Å². The largest absolute Gasteiger partial charge is 0.401 e. The predicted molar refractivity (Wildman–Crippen MR) is 108 cm³/mol. The summed E-state index contributed by atoms with van der Waals surface area (Å²) >= 11 is 0. The van der Waals surface area contributed by atoms with Gasteiger partial charge in [0.05, 0.1) is 4.90 Å². The number of benzene rings is 1. The first kappa shape index (κ1) is 20.2. The molecule has 11 heteroatoms. The standard InChI is InChI=1S/C19H22N6O4S/c1-13-5-3-4-11-25(13)30(27,28)15-8-6-14(7-9-15)17(26)20-19-22-21-18(29-19)16-10-12-24(2)23-16/h6-10,12-13H,3-5,11H2,1-2H3,(H,20,22,26). The number of piperidine rings is 1. The molecule has 1 N–H and O–H groups in total. The Kier molecular flexibility index (Phi) is 5.39. The van der Waals surface area contributed by atoms with Crippen molar-refractivity contribution < 1.29 is 17.6 Å². The van der Waals surface area contributed by atoms with Crippen LogP contribution in [0, 0.1) is 0 Å². The zero-order valence-corrected chi connectivity index (χ0v) is 17.5. The lowest BCUT2D eigenvalue weighted by Crippen LogP contribution is -2.41. The minimum Gasteiger partial charge on any atom is -0.401 e. The number of amides is 1. The lowest BCUT2D eigenvalue weighted by atomic mass is 10.1. The molecule has 30 heavy (non-hydrogen) atoms. The van der Waals surface area contributed by atoms with E-state index in [4.69, 9.17) is 4.42 Å². The lowest BCUT2D eigenvalue weighted by Gasteiger charge is -2.32. The molecule has 3 heterocycles. The van der Waals surface area contributed by atoms with Crippen LogP contribution in [0.5, 0.6) is 0 Å². The maximum absolute atomic E-state index is 12.9. The third-order valence-electron chi connectivity index (χ3n) is 5.04. The van der Waals surface area contributed by atoms with E-state index in [1.165, 1.54) is 28.6 Å². The smallest absolute Gasteiger partial charge is 0.322 e. The van der Waals surface area contributed by atoms with Crippen molar-refractivity contribution in [3.8, 4) is 11.6 Å². The summed E-state index contributed by atoms with van der Waals surface area (Å²) < 4.78 is 34.3. The maximum Gasteiger partial charge on any atom is 0.322 e. The normalized spacial score (nSPS) is 17.7. The molecule has 1 amide bonds. The number of aryl methyl sites for hydroxylation is 1. The van der Waals surface area contributed by atoms with Gasteiger partial charge in [0.1, 0.15) is 5.69 Å². The Labute approximate surface area is 174 Å². The molecular formula is C19H22N6O4S. The predicted octanol–water partition coefficient (Wildman–Crippen LogP) is 2.29. The van der Waals surface area contributed by atoms with Gasteiger partial charge in [-0.25, -0.2) is 8.42 Å². The summed E-state index contributed by atoms with van der Waals surface area (Å²) in [6.45, 7) is 2.43. The van der Waals surface area contributed by atoms with Gasteiger partial charge >= 0.3 is 6.01 Å². The second kappa shape index (κ2) is 8.00. The fraction of sp³-hybridized carbons (Fsp3) is 0.368. The Morgan fingerprint density at radius 1 is 1.17 bits per heavy atom. The number of hydrogen-bond acceptors (Lipinski definition) is 7. The molecular weight excluding hydrogens is 408 g/mol. The van der Waals surface area contributed by atoms with E-state index in [2.05, 4.69) is 20.6 Å². The average Bonchev–Trinajstić information content (AvgIpc) is 3.37. The van der Waals surface area contributed by atoms with Crippen LogP contribution in [0.25, 0.3) is 11.6 Å². The second-order valence-corrected chi connectivity index (χ2v) is 9.12. The third-order valence-corrected chi connectivity index (χ3v) is 7.07. The zero-order valence-electron chi connectivity index (χ0n) is 16.6. The summed E-state index contributed by atoms with van der Waals surface area (Å²) in [5.74, 6) is -0.301. The van der Waals surface area contributed by atoms with Gasteiger partial charge < -0.3 is 4.42 Å². The van der Waals surface area contributed by atoms with E-state index in [9.17, 15) is 13.2 Å². The van der Waals surface area contributed by atoms with E-state index < -0.39 is 15.9 Å². The fourth-order valence-corrected chi connectivity index (χ4v) is 5.12.